The Hall–Kier alpha value is -3.50. The number of nitrogens with zero attached hydrogens (tertiary/aromatic N) is 3. The number of hydrogen-bond acceptors (Lipinski definition) is 2. The van der Waals surface area contributed by atoms with E-state index >= 15 is 0 Å². The van der Waals surface area contributed by atoms with Crippen molar-refractivity contribution in [3.63, 3.8) is 0 Å². The van der Waals surface area contributed by atoms with Gasteiger partial charge in [0.15, 0.2) is 0 Å². The molecule has 0 N–H and O–H groups in total. The van der Waals surface area contributed by atoms with Gasteiger partial charge >= 0.3 is 0 Å². The molecule has 0 saturated heterocycles. The lowest BCUT2D eigenvalue weighted by atomic mass is 10.3. The minimum atomic E-state index is -2.69. The third-order valence-electron chi connectivity index (χ3n) is 6.85. The summed E-state index contributed by atoms with van der Waals surface area (Å²) in [4.78, 5) is 4.14. The molecule has 0 saturated carbocycles. The second kappa shape index (κ2) is 11.1. The first-order valence-electron chi connectivity index (χ1n) is 11.7. The minimum Gasteiger partial charge on any atom is -0.256 e. The molecule has 1 aromatic heterocycles. The zero-order valence-electron chi connectivity index (χ0n) is 20.0. The normalized spacial score (nSPS) is 13.2. The number of rotatable bonds is 11. The quantitative estimate of drug-likeness (QED) is 0.211. The molecule has 4 rings (SSSR count). The Kier molecular flexibility index (Phi) is 7.86. The third kappa shape index (κ3) is 5.34. The molecule has 1 unspecified atom stereocenters. The molecule has 0 aliphatic heterocycles. The maximum atomic E-state index is 14.0. The predicted molar refractivity (Wildman–Crippen MR) is 144 cm³/mol. The van der Waals surface area contributed by atoms with E-state index in [0.717, 1.165) is 21.2 Å². The summed E-state index contributed by atoms with van der Waals surface area (Å²) in [7, 11) is -5.25. The van der Waals surface area contributed by atoms with Crippen LogP contribution in [0.1, 0.15) is 0 Å². The molecule has 3 aromatic carbocycles. The van der Waals surface area contributed by atoms with E-state index in [4.69, 9.17) is 0 Å². The average molecular weight is 520 g/mol. The standard InChI is InChI=1S/C28H28F3N3Si2/c1-3-17-35(21-34-20-32-19-33-34,26-11-5-23(29)6-12-26)22-36(18-4-2,27-13-7-24(30)8-14-27)28-15-9-25(31)10-16-28/h3-16,19-20H,1-2,17-18,21-22H2. The number of benzene rings is 3. The van der Waals surface area contributed by atoms with E-state index in [-0.39, 0.29) is 17.5 Å². The van der Waals surface area contributed by atoms with E-state index in [2.05, 4.69) is 23.2 Å². The molecular formula is C28H28F3N3Si2. The minimum absolute atomic E-state index is 0.298. The van der Waals surface area contributed by atoms with Crippen molar-refractivity contribution in [2.24, 2.45) is 0 Å². The molecule has 1 heterocycles. The number of allylic oxidation sites excluding steroid dienone is 2. The summed E-state index contributed by atoms with van der Waals surface area (Å²) >= 11 is 0. The van der Waals surface area contributed by atoms with Gasteiger partial charge in [0, 0.05) is 6.17 Å². The first-order chi connectivity index (χ1) is 17.4. The van der Waals surface area contributed by atoms with E-state index in [1.165, 1.54) is 42.7 Å². The van der Waals surface area contributed by atoms with Crippen molar-refractivity contribution in [1.29, 1.82) is 0 Å². The molecular weight excluding hydrogens is 491 g/mol. The molecule has 3 nitrogen and oxygen atoms in total. The van der Waals surface area contributed by atoms with Gasteiger partial charge in [-0.1, -0.05) is 64.1 Å². The van der Waals surface area contributed by atoms with Crippen LogP contribution in [0.4, 0.5) is 13.2 Å². The van der Waals surface area contributed by atoms with E-state index in [9.17, 15) is 13.2 Å². The highest BCUT2D eigenvalue weighted by molar-refractivity contribution is 7.13. The Labute approximate surface area is 211 Å². The van der Waals surface area contributed by atoms with Crippen LogP contribution in [-0.4, -0.2) is 30.9 Å². The van der Waals surface area contributed by atoms with Crippen molar-refractivity contribution in [3.05, 3.63) is 128 Å². The smallest absolute Gasteiger partial charge is 0.137 e. The highest BCUT2D eigenvalue weighted by Crippen LogP contribution is 2.29. The summed E-state index contributed by atoms with van der Waals surface area (Å²) in [6.07, 6.45) is 7.65. The third-order valence-corrected chi connectivity index (χ3v) is 19.4. The largest absolute Gasteiger partial charge is 0.256 e. The van der Waals surface area contributed by atoms with E-state index < -0.39 is 16.1 Å². The van der Waals surface area contributed by atoms with Gasteiger partial charge in [-0.15, -0.1) is 13.2 Å². The van der Waals surface area contributed by atoms with Crippen molar-refractivity contribution >= 4 is 31.7 Å². The van der Waals surface area contributed by atoms with Crippen LogP contribution >= 0.6 is 0 Å². The molecule has 36 heavy (non-hydrogen) atoms. The predicted octanol–water partition coefficient (Wildman–Crippen LogP) is 4.77. The number of aromatic nitrogens is 3. The Morgan fingerprint density at radius 1 is 0.694 bits per heavy atom. The number of halogens is 3. The van der Waals surface area contributed by atoms with Crippen molar-refractivity contribution in [3.8, 4) is 0 Å². The van der Waals surface area contributed by atoms with Gasteiger partial charge in [-0.3, -0.25) is 4.68 Å². The van der Waals surface area contributed by atoms with Crippen LogP contribution in [0.2, 0.25) is 17.8 Å². The van der Waals surface area contributed by atoms with Gasteiger partial charge in [0.05, 0.1) is 0 Å². The zero-order valence-corrected chi connectivity index (χ0v) is 22.0. The van der Waals surface area contributed by atoms with Crippen molar-refractivity contribution in [2.75, 3.05) is 0 Å². The second-order valence-corrected chi connectivity index (χ2v) is 18.1. The lowest BCUT2D eigenvalue weighted by molar-refractivity contribution is 0.627. The van der Waals surface area contributed by atoms with Crippen LogP contribution in [0.25, 0.3) is 0 Å². The van der Waals surface area contributed by atoms with Gasteiger partial charge in [-0.2, -0.15) is 5.10 Å². The van der Waals surface area contributed by atoms with Gasteiger partial charge in [-0.25, -0.2) is 18.2 Å². The maximum Gasteiger partial charge on any atom is 0.137 e. The molecule has 0 aliphatic rings. The molecule has 0 radical (unpaired) electrons. The van der Waals surface area contributed by atoms with Crippen molar-refractivity contribution in [1.82, 2.24) is 14.8 Å². The topological polar surface area (TPSA) is 30.7 Å². The fourth-order valence-corrected chi connectivity index (χ4v) is 19.6. The highest BCUT2D eigenvalue weighted by atomic mass is 28.4. The Balaban J connectivity index is 1.98. The molecule has 0 amide bonds. The molecule has 0 fully saturated rings. The Morgan fingerprint density at radius 3 is 1.58 bits per heavy atom. The lowest BCUT2D eigenvalue weighted by Gasteiger charge is -2.42. The molecule has 0 bridgehead atoms. The summed E-state index contributed by atoms with van der Waals surface area (Å²) in [5.41, 5.74) is 0.779. The van der Waals surface area contributed by atoms with Crippen LogP contribution in [0.3, 0.4) is 0 Å². The maximum absolute atomic E-state index is 14.0. The van der Waals surface area contributed by atoms with Crippen LogP contribution < -0.4 is 15.6 Å². The van der Waals surface area contributed by atoms with E-state index in [0.29, 0.717) is 18.3 Å². The average Bonchev–Trinajstić information content (AvgIpc) is 3.38. The second-order valence-electron chi connectivity index (χ2n) is 9.14. The molecule has 1 atom stereocenters. The summed E-state index contributed by atoms with van der Waals surface area (Å²) in [6, 6.07) is 21.4. The molecule has 0 spiro atoms. The summed E-state index contributed by atoms with van der Waals surface area (Å²) in [5, 5.41) is 7.55. The summed E-state index contributed by atoms with van der Waals surface area (Å²) < 4.78 is 43.9. The van der Waals surface area contributed by atoms with Gasteiger partial charge in [0.25, 0.3) is 0 Å². The number of hydrogen-bond donors (Lipinski definition) is 0. The van der Waals surface area contributed by atoms with Crippen molar-refractivity contribution < 1.29 is 13.2 Å². The SMILES string of the molecule is C=CC[Si](Cn1cncn1)(C[Si](CC=C)(c1ccc(F)cc1)c1ccc(F)cc1)c1ccc(F)cc1. The van der Waals surface area contributed by atoms with Crippen molar-refractivity contribution in [2.45, 2.75) is 23.9 Å². The highest BCUT2D eigenvalue weighted by Gasteiger charge is 2.47. The summed E-state index contributed by atoms with van der Waals surface area (Å²) in [5.74, 6) is -0.919. The van der Waals surface area contributed by atoms with Crippen LogP contribution in [0, 0.1) is 17.5 Å². The molecule has 184 valence electrons. The van der Waals surface area contributed by atoms with Gasteiger partial charge in [-0.05, 0) is 54.2 Å². The molecule has 4 aromatic rings. The van der Waals surface area contributed by atoms with Gasteiger partial charge < -0.3 is 0 Å². The zero-order chi connectivity index (χ0) is 25.6. The van der Waals surface area contributed by atoms with Crippen LogP contribution in [-0.2, 0) is 6.17 Å². The monoisotopic (exact) mass is 519 g/mol. The fourth-order valence-electron chi connectivity index (χ4n) is 5.25. The van der Waals surface area contributed by atoms with Gasteiger partial charge in [0.1, 0.15) is 46.3 Å². The summed E-state index contributed by atoms with van der Waals surface area (Å²) in [6.45, 7) is 8.15. The fraction of sp³-hybridized carbons (Fsp3) is 0.143. The van der Waals surface area contributed by atoms with Crippen LogP contribution in [0.15, 0.2) is 111 Å². The first-order valence-corrected chi connectivity index (χ1v) is 16.8. The molecule has 0 aliphatic carbocycles. The van der Waals surface area contributed by atoms with E-state index in [1.54, 1.807) is 6.33 Å². The Bertz CT molecular complexity index is 1250. The van der Waals surface area contributed by atoms with Crippen LogP contribution in [0.5, 0.6) is 0 Å². The lowest BCUT2D eigenvalue weighted by Crippen LogP contribution is -2.66. The van der Waals surface area contributed by atoms with E-state index in [1.807, 2.05) is 53.2 Å². The molecule has 8 heteroatoms. The Morgan fingerprint density at radius 2 is 1.17 bits per heavy atom. The first kappa shape index (κ1) is 25.6. The van der Waals surface area contributed by atoms with Gasteiger partial charge in [0.2, 0.25) is 0 Å².